The molecule has 0 spiro atoms. The molecule has 0 bridgehead atoms. The lowest BCUT2D eigenvalue weighted by Crippen LogP contribution is -2.33. The van der Waals surface area contributed by atoms with Crippen LogP contribution in [-0.2, 0) is 13.0 Å². The molecule has 1 aromatic heterocycles. The minimum absolute atomic E-state index is 0.0809. The molecular formula is C26H22FNO4. The number of ether oxygens (including phenoxy) is 2. The first kappa shape index (κ1) is 20.3. The lowest BCUT2D eigenvalue weighted by molar-refractivity contribution is 0.0968. The number of nitrogens with zero attached hydrogens (tertiary/aromatic N) is 1. The van der Waals surface area contributed by atoms with E-state index < -0.39 is 0 Å². The van der Waals surface area contributed by atoms with Crippen molar-refractivity contribution in [2.45, 2.75) is 13.0 Å². The summed E-state index contributed by atoms with van der Waals surface area (Å²) in [4.78, 5) is 15.4. The van der Waals surface area contributed by atoms with Gasteiger partial charge in [0.05, 0.1) is 23.6 Å². The zero-order valence-electron chi connectivity index (χ0n) is 17.6. The van der Waals surface area contributed by atoms with Crippen LogP contribution in [-0.4, -0.2) is 25.3 Å². The monoisotopic (exact) mass is 431 g/mol. The predicted molar refractivity (Wildman–Crippen MR) is 120 cm³/mol. The summed E-state index contributed by atoms with van der Waals surface area (Å²) < 4.78 is 30.2. The first-order valence-corrected chi connectivity index (χ1v) is 10.4. The smallest absolute Gasteiger partial charge is 0.200 e. The van der Waals surface area contributed by atoms with Crippen LogP contribution in [0, 0.1) is 5.82 Å². The quantitative estimate of drug-likeness (QED) is 0.445. The number of benzene rings is 3. The van der Waals surface area contributed by atoms with Crippen molar-refractivity contribution in [1.82, 2.24) is 4.90 Å². The average Bonchev–Trinajstić information content (AvgIpc) is 2.84. The normalized spacial score (nSPS) is 13.6. The molecule has 0 N–H and O–H groups in total. The number of hydrogen-bond acceptors (Lipinski definition) is 5. The Morgan fingerprint density at radius 3 is 2.56 bits per heavy atom. The zero-order chi connectivity index (χ0) is 22.1. The third-order valence-corrected chi connectivity index (χ3v) is 5.82. The molecule has 0 saturated heterocycles. The largest absolute Gasteiger partial charge is 0.497 e. The Morgan fingerprint density at radius 1 is 1.03 bits per heavy atom. The second-order valence-corrected chi connectivity index (χ2v) is 7.83. The highest BCUT2D eigenvalue weighted by Gasteiger charge is 2.22. The van der Waals surface area contributed by atoms with Gasteiger partial charge >= 0.3 is 0 Å². The van der Waals surface area contributed by atoms with Crippen LogP contribution in [0.5, 0.6) is 11.5 Å². The fourth-order valence-electron chi connectivity index (χ4n) is 4.01. The van der Waals surface area contributed by atoms with Crippen LogP contribution >= 0.6 is 0 Å². The van der Waals surface area contributed by atoms with Gasteiger partial charge in [-0.3, -0.25) is 9.69 Å². The van der Waals surface area contributed by atoms with E-state index in [0.717, 1.165) is 41.2 Å². The summed E-state index contributed by atoms with van der Waals surface area (Å²) in [7, 11) is 1.60. The molecule has 4 aromatic rings. The Morgan fingerprint density at radius 2 is 1.81 bits per heavy atom. The molecule has 0 radical (unpaired) electrons. The summed E-state index contributed by atoms with van der Waals surface area (Å²) in [5.74, 6) is 1.22. The molecule has 162 valence electrons. The van der Waals surface area contributed by atoms with Crippen molar-refractivity contribution in [1.29, 1.82) is 0 Å². The minimum atomic E-state index is -0.237. The highest BCUT2D eigenvalue weighted by molar-refractivity contribution is 5.85. The number of fused-ring (bicyclic) bond motifs is 3. The van der Waals surface area contributed by atoms with E-state index >= 15 is 0 Å². The summed E-state index contributed by atoms with van der Waals surface area (Å²) in [5.41, 5.74) is 3.68. The fourth-order valence-corrected chi connectivity index (χ4v) is 4.01. The third kappa shape index (κ3) is 3.85. The van der Waals surface area contributed by atoms with Gasteiger partial charge in [0.2, 0.25) is 5.43 Å². The van der Waals surface area contributed by atoms with Crippen LogP contribution in [0.2, 0.25) is 0 Å². The molecule has 1 aliphatic heterocycles. The lowest BCUT2D eigenvalue weighted by atomic mass is 10.0. The van der Waals surface area contributed by atoms with Crippen LogP contribution in [0.15, 0.2) is 76.1 Å². The van der Waals surface area contributed by atoms with E-state index in [1.165, 1.54) is 18.4 Å². The van der Waals surface area contributed by atoms with E-state index in [1.54, 1.807) is 25.3 Å². The van der Waals surface area contributed by atoms with Crippen LogP contribution < -0.4 is 14.9 Å². The number of methoxy groups -OCH3 is 1. The Bertz CT molecular complexity index is 1310. The molecule has 0 fully saturated rings. The van der Waals surface area contributed by atoms with Gasteiger partial charge in [0.1, 0.15) is 35.9 Å². The Labute approximate surface area is 184 Å². The van der Waals surface area contributed by atoms with E-state index in [9.17, 15) is 9.18 Å². The highest BCUT2D eigenvalue weighted by Crippen LogP contribution is 2.32. The second kappa shape index (κ2) is 8.48. The van der Waals surface area contributed by atoms with Crippen molar-refractivity contribution in [3.8, 4) is 22.6 Å². The Kier molecular flexibility index (Phi) is 5.37. The summed E-state index contributed by atoms with van der Waals surface area (Å²) >= 11 is 0. The number of halogens is 1. The van der Waals surface area contributed by atoms with Gasteiger partial charge < -0.3 is 13.9 Å². The van der Waals surface area contributed by atoms with Gasteiger partial charge in [-0.25, -0.2) is 4.39 Å². The standard InChI is InChI=1S/C26H22FNO4/c1-30-20-8-4-18(5-9-20)23-15-31-26-21(25(23)29)10-11-24-22(26)14-28(16-32-24)13-12-17-2-6-19(27)7-3-17/h2-11,15H,12-14,16H2,1H3. The molecule has 32 heavy (non-hydrogen) atoms. The van der Waals surface area contributed by atoms with E-state index in [1.807, 2.05) is 30.3 Å². The van der Waals surface area contributed by atoms with Crippen LogP contribution in [0.3, 0.4) is 0 Å². The van der Waals surface area contributed by atoms with Gasteiger partial charge in [-0.2, -0.15) is 0 Å². The van der Waals surface area contributed by atoms with Gasteiger partial charge in [-0.15, -0.1) is 0 Å². The summed E-state index contributed by atoms with van der Waals surface area (Å²) in [6.07, 6.45) is 2.29. The molecule has 0 saturated carbocycles. The summed E-state index contributed by atoms with van der Waals surface area (Å²) in [5, 5.41) is 0.529. The van der Waals surface area contributed by atoms with Crippen LogP contribution in [0.25, 0.3) is 22.1 Å². The first-order valence-electron chi connectivity index (χ1n) is 10.4. The SMILES string of the molecule is COc1ccc(-c2coc3c4c(ccc3c2=O)OCN(CCc2ccc(F)cc2)C4)cc1. The molecule has 1 aliphatic rings. The van der Waals surface area contributed by atoms with Gasteiger partial charge in [0.15, 0.2) is 0 Å². The maximum absolute atomic E-state index is 13.2. The molecule has 0 amide bonds. The maximum Gasteiger partial charge on any atom is 0.200 e. The minimum Gasteiger partial charge on any atom is -0.497 e. The van der Waals surface area contributed by atoms with Gasteiger partial charge in [0.25, 0.3) is 0 Å². The highest BCUT2D eigenvalue weighted by atomic mass is 19.1. The van der Waals surface area contributed by atoms with E-state index in [4.69, 9.17) is 13.9 Å². The summed E-state index contributed by atoms with van der Waals surface area (Å²) in [6.45, 7) is 1.81. The third-order valence-electron chi connectivity index (χ3n) is 5.82. The molecule has 0 unspecified atom stereocenters. The van der Waals surface area contributed by atoms with Gasteiger partial charge in [-0.1, -0.05) is 24.3 Å². The average molecular weight is 431 g/mol. The molecule has 5 rings (SSSR count). The van der Waals surface area contributed by atoms with Crippen molar-refractivity contribution >= 4 is 11.0 Å². The molecular weight excluding hydrogens is 409 g/mol. The van der Waals surface area contributed by atoms with Crippen molar-refractivity contribution in [3.05, 3.63) is 94.1 Å². The topological polar surface area (TPSA) is 51.9 Å². The number of hydrogen-bond donors (Lipinski definition) is 0. The van der Waals surface area contributed by atoms with Crippen LogP contribution in [0.1, 0.15) is 11.1 Å². The molecule has 0 atom stereocenters. The second-order valence-electron chi connectivity index (χ2n) is 7.83. The van der Waals surface area contributed by atoms with E-state index in [0.29, 0.717) is 29.8 Å². The Hall–Kier alpha value is -3.64. The number of rotatable bonds is 5. The van der Waals surface area contributed by atoms with Crippen molar-refractivity contribution in [2.24, 2.45) is 0 Å². The molecule has 0 aliphatic carbocycles. The molecule has 2 heterocycles. The molecule has 5 nitrogen and oxygen atoms in total. The molecule has 6 heteroatoms. The van der Waals surface area contributed by atoms with Crippen molar-refractivity contribution < 1.29 is 18.3 Å². The van der Waals surface area contributed by atoms with E-state index in [-0.39, 0.29) is 11.2 Å². The fraction of sp³-hybridized carbons (Fsp3) is 0.192. The van der Waals surface area contributed by atoms with Gasteiger partial charge in [-0.05, 0) is 53.9 Å². The zero-order valence-corrected chi connectivity index (χ0v) is 17.6. The lowest BCUT2D eigenvalue weighted by Gasteiger charge is -2.29. The van der Waals surface area contributed by atoms with Crippen molar-refractivity contribution in [2.75, 3.05) is 20.4 Å². The Balaban J connectivity index is 1.42. The van der Waals surface area contributed by atoms with Crippen LogP contribution in [0.4, 0.5) is 4.39 Å². The first-order chi connectivity index (χ1) is 15.6. The van der Waals surface area contributed by atoms with Gasteiger partial charge in [0, 0.05) is 13.1 Å². The predicted octanol–water partition coefficient (Wildman–Crippen LogP) is 5.00. The maximum atomic E-state index is 13.2. The van der Waals surface area contributed by atoms with E-state index in [2.05, 4.69) is 4.90 Å². The van der Waals surface area contributed by atoms with Crippen molar-refractivity contribution in [3.63, 3.8) is 0 Å². The molecule has 3 aromatic carbocycles. The summed E-state index contributed by atoms with van der Waals surface area (Å²) in [6, 6.07) is 17.5.